The molecule has 0 aromatic heterocycles. The van der Waals surface area contributed by atoms with Crippen molar-refractivity contribution in [3.63, 3.8) is 0 Å². The summed E-state index contributed by atoms with van der Waals surface area (Å²) in [6.45, 7) is 1.72. The minimum absolute atomic E-state index is 0.00748. The summed E-state index contributed by atoms with van der Waals surface area (Å²) in [4.78, 5) is 23.6. The molecule has 0 aliphatic rings. The molecule has 0 amide bonds. The van der Waals surface area contributed by atoms with Gasteiger partial charge in [-0.1, -0.05) is 58.3 Å². The van der Waals surface area contributed by atoms with E-state index in [0.717, 1.165) is 19.3 Å². The fourth-order valence-corrected chi connectivity index (χ4v) is 3.32. The first kappa shape index (κ1) is 28.5. The van der Waals surface area contributed by atoms with Crippen LogP contribution in [0, 0.1) is 0 Å². The van der Waals surface area contributed by atoms with E-state index in [1.54, 1.807) is 0 Å². The minimum Gasteiger partial charge on any atom is -0.756 e. The van der Waals surface area contributed by atoms with Crippen molar-refractivity contribution in [3.05, 3.63) is 0 Å². The highest BCUT2D eigenvalue weighted by Crippen LogP contribution is 2.38. The fraction of sp³-hybridized carbons (Fsp3) is 0.950. The van der Waals surface area contributed by atoms with Gasteiger partial charge >= 0.3 is 5.97 Å². The number of rotatable bonds is 19. The molecule has 0 aromatic carbocycles. The van der Waals surface area contributed by atoms with E-state index in [4.69, 9.17) is 13.8 Å². The summed E-state index contributed by atoms with van der Waals surface area (Å²) in [5.74, 6) is -0.456. The Morgan fingerprint density at radius 1 is 1.00 bits per heavy atom. The lowest BCUT2D eigenvalue weighted by Crippen LogP contribution is -2.37. The van der Waals surface area contributed by atoms with E-state index in [0.29, 0.717) is 11.0 Å². The first-order valence-corrected chi connectivity index (χ1v) is 12.3. The monoisotopic (exact) mass is 441 g/mol. The van der Waals surface area contributed by atoms with Crippen LogP contribution in [-0.2, 0) is 23.1 Å². The molecule has 9 heteroatoms. The Morgan fingerprint density at radius 2 is 1.55 bits per heavy atom. The number of phosphoric acid groups is 1. The molecule has 0 radical (unpaired) electrons. The zero-order valence-corrected chi connectivity index (χ0v) is 19.7. The van der Waals surface area contributed by atoms with Crippen molar-refractivity contribution in [3.8, 4) is 0 Å². The molecular formula is C20H42NO7P. The molecule has 174 valence electrons. The summed E-state index contributed by atoms with van der Waals surface area (Å²) >= 11 is 0. The van der Waals surface area contributed by atoms with Crippen LogP contribution in [0.1, 0.15) is 71.1 Å². The van der Waals surface area contributed by atoms with Gasteiger partial charge in [-0.15, -0.1) is 0 Å². The molecule has 0 aromatic rings. The number of quaternary nitrogens is 1. The molecule has 0 aliphatic carbocycles. The zero-order valence-electron chi connectivity index (χ0n) is 18.8. The van der Waals surface area contributed by atoms with Gasteiger partial charge in [-0.25, -0.2) is 0 Å². The summed E-state index contributed by atoms with van der Waals surface area (Å²) in [5, 5.41) is 9.29. The van der Waals surface area contributed by atoms with Crippen molar-refractivity contribution in [2.75, 3.05) is 47.5 Å². The van der Waals surface area contributed by atoms with Gasteiger partial charge in [-0.3, -0.25) is 9.36 Å². The summed E-state index contributed by atoms with van der Waals surface area (Å²) < 4.78 is 26.9. The Labute approximate surface area is 176 Å². The molecule has 0 saturated heterocycles. The summed E-state index contributed by atoms with van der Waals surface area (Å²) in [5.41, 5.74) is 0. The van der Waals surface area contributed by atoms with Crippen LogP contribution in [0.25, 0.3) is 0 Å². The number of likely N-dealkylation sites (N-methyl/N-ethyl adjacent to an activating group) is 1. The average molecular weight is 442 g/mol. The SMILES string of the molecule is CCCCCCCCCCC[14C](=O)O[C@H](CO)COP(=O)([O-])OCC[N+](C)(C)C. The van der Waals surface area contributed by atoms with Crippen LogP contribution in [0.15, 0.2) is 0 Å². The number of carbonyl (C=O) groups excluding carboxylic acids is 1. The second-order valence-corrected chi connectivity index (χ2v) is 9.87. The summed E-state index contributed by atoms with van der Waals surface area (Å²) in [6.07, 6.45) is 9.53. The van der Waals surface area contributed by atoms with Gasteiger partial charge in [-0.2, -0.15) is 0 Å². The molecule has 0 heterocycles. The number of phosphoric ester groups is 1. The predicted octanol–water partition coefficient (Wildman–Crippen LogP) is 3.02. The van der Waals surface area contributed by atoms with Crippen LogP contribution < -0.4 is 4.89 Å². The smallest absolute Gasteiger partial charge is 0.306 e. The molecule has 29 heavy (non-hydrogen) atoms. The van der Waals surface area contributed by atoms with Crippen molar-refractivity contribution in [2.24, 2.45) is 0 Å². The molecule has 2 atom stereocenters. The number of aliphatic hydroxyl groups excluding tert-OH is 1. The summed E-state index contributed by atoms with van der Waals surface area (Å²) in [7, 11) is 1.24. The summed E-state index contributed by atoms with van der Waals surface area (Å²) in [6, 6.07) is 0. The Hall–Kier alpha value is -0.500. The Bertz CT molecular complexity index is 468. The Kier molecular flexibility index (Phi) is 15.9. The first-order chi connectivity index (χ1) is 13.6. The van der Waals surface area contributed by atoms with Gasteiger partial charge in [0.25, 0.3) is 7.82 Å². The highest BCUT2D eigenvalue weighted by Gasteiger charge is 2.19. The van der Waals surface area contributed by atoms with Gasteiger partial charge in [0.15, 0.2) is 0 Å². The van der Waals surface area contributed by atoms with Crippen LogP contribution in [0.3, 0.4) is 0 Å². The van der Waals surface area contributed by atoms with Crippen LogP contribution >= 0.6 is 7.82 Å². The highest BCUT2D eigenvalue weighted by atomic mass is 31.2. The maximum atomic E-state index is 11.9. The van der Waals surface area contributed by atoms with Gasteiger partial charge in [0.2, 0.25) is 0 Å². The topological polar surface area (TPSA) is 105 Å². The third-order valence-corrected chi connectivity index (χ3v) is 5.38. The average Bonchev–Trinajstić information content (AvgIpc) is 2.62. The number of hydrogen-bond donors (Lipinski definition) is 1. The molecule has 1 unspecified atom stereocenters. The van der Waals surface area contributed by atoms with Crippen molar-refractivity contribution < 1.29 is 37.6 Å². The number of carbonyl (C=O) groups is 1. The van der Waals surface area contributed by atoms with Gasteiger partial charge in [0, 0.05) is 6.42 Å². The molecule has 0 bridgehead atoms. The third-order valence-electron chi connectivity index (χ3n) is 4.42. The molecule has 0 saturated carbocycles. The fourth-order valence-electron chi connectivity index (χ4n) is 2.59. The Morgan fingerprint density at radius 3 is 2.07 bits per heavy atom. The molecule has 0 spiro atoms. The van der Waals surface area contributed by atoms with Crippen LogP contribution in [0.4, 0.5) is 0 Å². The van der Waals surface area contributed by atoms with E-state index in [9.17, 15) is 19.4 Å². The molecule has 0 fully saturated rings. The quantitative estimate of drug-likeness (QED) is 0.142. The van der Waals surface area contributed by atoms with Crippen molar-refractivity contribution >= 4 is 13.8 Å². The Balaban J connectivity index is 3.89. The second-order valence-electron chi connectivity index (χ2n) is 8.46. The number of esters is 1. The standard InChI is InChI=1S/C20H42NO7P/c1-5-6-7-8-9-10-11-12-13-14-20(23)28-19(17-22)18-27-29(24,25)26-16-15-21(2,3)4/h19,22H,5-18H2,1-4H3/t19-/m1/s1/i20+2. The zero-order chi connectivity index (χ0) is 22.2. The normalized spacial score (nSPS) is 15.1. The minimum atomic E-state index is -4.50. The van der Waals surface area contributed by atoms with Crippen molar-refractivity contribution in [1.29, 1.82) is 0 Å². The maximum Gasteiger partial charge on any atom is 0.306 e. The van der Waals surface area contributed by atoms with Crippen LogP contribution in [0.2, 0.25) is 0 Å². The number of aliphatic hydroxyl groups is 1. The van der Waals surface area contributed by atoms with E-state index < -0.39 is 33.1 Å². The van der Waals surface area contributed by atoms with Crippen LogP contribution in [-0.4, -0.2) is 69.2 Å². The largest absolute Gasteiger partial charge is 0.756 e. The maximum absolute atomic E-state index is 11.9. The van der Waals surface area contributed by atoms with E-state index in [2.05, 4.69) is 6.92 Å². The number of hydrogen-bond acceptors (Lipinski definition) is 7. The van der Waals surface area contributed by atoms with E-state index in [1.165, 1.54) is 38.5 Å². The van der Waals surface area contributed by atoms with Crippen molar-refractivity contribution in [2.45, 2.75) is 77.2 Å². The van der Waals surface area contributed by atoms with Gasteiger partial charge in [-0.05, 0) is 6.42 Å². The molecule has 1 N–H and O–H groups in total. The molecule has 0 rings (SSSR count). The second kappa shape index (κ2) is 16.2. The lowest BCUT2D eigenvalue weighted by atomic mass is 10.1. The first-order valence-electron chi connectivity index (χ1n) is 10.8. The van der Waals surface area contributed by atoms with E-state index >= 15 is 0 Å². The highest BCUT2D eigenvalue weighted by molar-refractivity contribution is 7.45. The molecular weight excluding hydrogens is 399 g/mol. The van der Waals surface area contributed by atoms with Crippen molar-refractivity contribution in [1.82, 2.24) is 0 Å². The number of unbranched alkanes of at least 4 members (excludes halogenated alkanes) is 8. The number of ether oxygens (including phenoxy) is 1. The van der Waals surface area contributed by atoms with Crippen LogP contribution in [0.5, 0.6) is 0 Å². The lowest BCUT2D eigenvalue weighted by molar-refractivity contribution is -0.870. The predicted molar refractivity (Wildman–Crippen MR) is 111 cm³/mol. The number of nitrogens with zero attached hydrogens (tertiary/aromatic N) is 1. The van der Waals surface area contributed by atoms with E-state index in [1.807, 2.05) is 21.1 Å². The lowest BCUT2D eigenvalue weighted by Gasteiger charge is -2.28. The molecule has 0 aliphatic heterocycles. The van der Waals surface area contributed by atoms with Gasteiger partial charge < -0.3 is 28.3 Å². The third kappa shape index (κ3) is 19.2. The van der Waals surface area contributed by atoms with Gasteiger partial charge in [0.1, 0.15) is 19.3 Å². The van der Waals surface area contributed by atoms with Gasteiger partial charge in [0.05, 0.1) is 34.4 Å². The van der Waals surface area contributed by atoms with E-state index in [-0.39, 0.29) is 13.0 Å². The molecule has 8 nitrogen and oxygen atoms in total.